The third-order valence-corrected chi connectivity index (χ3v) is 4.61. The Balaban J connectivity index is 1.87. The number of ether oxygens (including phenoxy) is 1. The van der Waals surface area contributed by atoms with Crippen LogP contribution in [0.4, 0.5) is 13.2 Å². The minimum atomic E-state index is -5.11. The number of amides is 1. The van der Waals surface area contributed by atoms with Gasteiger partial charge in [0.1, 0.15) is 5.75 Å². The molecule has 0 aliphatic carbocycles. The van der Waals surface area contributed by atoms with E-state index >= 15 is 0 Å². The lowest BCUT2D eigenvalue weighted by Crippen LogP contribution is -2.57. The Morgan fingerprint density at radius 3 is 2.48 bits per heavy atom. The molecule has 2 heterocycles. The van der Waals surface area contributed by atoms with E-state index < -0.39 is 30.8 Å². The first kappa shape index (κ1) is 20.8. The number of rotatable bonds is 4. The van der Waals surface area contributed by atoms with Crippen LogP contribution in [0.15, 0.2) is 41.8 Å². The molecule has 0 spiro atoms. The van der Waals surface area contributed by atoms with Crippen molar-refractivity contribution in [1.82, 2.24) is 9.99 Å². The molecule has 0 fully saturated rings. The van der Waals surface area contributed by atoms with Gasteiger partial charge in [-0.2, -0.15) is 23.3 Å². The van der Waals surface area contributed by atoms with Crippen LogP contribution in [0.2, 0.25) is 0 Å². The van der Waals surface area contributed by atoms with E-state index in [2.05, 4.69) is 10.1 Å². The van der Waals surface area contributed by atoms with Crippen LogP contribution in [-0.4, -0.2) is 45.2 Å². The SMILES string of the molecule is Cc1cc(C)c(OCC(=O)N2N=C(c3cccnc3)CC2(O)C(F)(F)F)c(C)c1. The summed E-state index contributed by atoms with van der Waals surface area (Å²) < 4.78 is 46.3. The zero-order chi connectivity index (χ0) is 21.4. The van der Waals surface area contributed by atoms with Crippen molar-refractivity contribution in [3.8, 4) is 5.75 Å². The molecule has 0 bridgehead atoms. The maximum atomic E-state index is 13.6. The average Bonchev–Trinajstić information content (AvgIpc) is 3.00. The van der Waals surface area contributed by atoms with Crippen molar-refractivity contribution in [2.45, 2.75) is 39.1 Å². The van der Waals surface area contributed by atoms with Crippen molar-refractivity contribution in [2.24, 2.45) is 5.10 Å². The van der Waals surface area contributed by atoms with Gasteiger partial charge >= 0.3 is 6.18 Å². The van der Waals surface area contributed by atoms with E-state index in [1.165, 1.54) is 24.5 Å². The first-order chi connectivity index (χ1) is 13.5. The highest BCUT2D eigenvalue weighted by Gasteiger charge is 2.63. The summed E-state index contributed by atoms with van der Waals surface area (Å²) in [6.45, 7) is 4.75. The number of hydrogen-bond donors (Lipinski definition) is 1. The van der Waals surface area contributed by atoms with Gasteiger partial charge in [-0.1, -0.05) is 23.8 Å². The molecule has 9 heteroatoms. The second-order valence-electron chi connectivity index (χ2n) is 7.00. The van der Waals surface area contributed by atoms with Crippen molar-refractivity contribution < 1.29 is 27.8 Å². The first-order valence-corrected chi connectivity index (χ1v) is 8.83. The van der Waals surface area contributed by atoms with Crippen LogP contribution in [-0.2, 0) is 4.79 Å². The number of hydrogen-bond acceptors (Lipinski definition) is 5. The topological polar surface area (TPSA) is 75.0 Å². The van der Waals surface area contributed by atoms with E-state index in [0.29, 0.717) is 5.75 Å². The standard InChI is InChI=1S/C20H20F3N3O3/c1-12-7-13(2)18(14(3)8-12)29-11-17(27)26-19(28,20(21,22)23)9-16(25-26)15-5-4-6-24-10-15/h4-8,10,28H,9,11H2,1-3H3. The summed E-state index contributed by atoms with van der Waals surface area (Å²) in [6.07, 6.45) is -3.22. The van der Waals surface area contributed by atoms with E-state index in [4.69, 9.17) is 4.74 Å². The summed E-state index contributed by atoms with van der Waals surface area (Å²) in [7, 11) is 0. The predicted molar refractivity (Wildman–Crippen MR) is 99.4 cm³/mol. The fourth-order valence-corrected chi connectivity index (χ4v) is 3.31. The molecule has 154 valence electrons. The van der Waals surface area contributed by atoms with Crippen molar-refractivity contribution in [1.29, 1.82) is 0 Å². The lowest BCUT2D eigenvalue weighted by atomic mass is 10.0. The number of pyridine rings is 1. The molecule has 29 heavy (non-hydrogen) atoms. The summed E-state index contributed by atoms with van der Waals surface area (Å²) in [5, 5.41) is 14.1. The Kier molecular flexibility index (Phi) is 5.36. The fourth-order valence-electron chi connectivity index (χ4n) is 3.31. The lowest BCUT2D eigenvalue weighted by Gasteiger charge is -2.32. The third-order valence-electron chi connectivity index (χ3n) is 4.61. The van der Waals surface area contributed by atoms with Crippen LogP contribution >= 0.6 is 0 Å². The van der Waals surface area contributed by atoms with Gasteiger partial charge in [0.25, 0.3) is 11.6 Å². The molecular formula is C20H20F3N3O3. The summed E-state index contributed by atoms with van der Waals surface area (Å²) in [6, 6.07) is 6.72. The minimum absolute atomic E-state index is 0.0637. The zero-order valence-corrected chi connectivity index (χ0v) is 16.1. The molecule has 0 radical (unpaired) electrons. The van der Waals surface area contributed by atoms with Gasteiger partial charge in [0.05, 0.1) is 12.1 Å². The van der Waals surface area contributed by atoms with Crippen LogP contribution in [0, 0.1) is 20.8 Å². The number of aliphatic hydroxyl groups is 1. The molecule has 1 aliphatic rings. The largest absolute Gasteiger partial charge is 0.483 e. The van der Waals surface area contributed by atoms with Crippen LogP contribution < -0.4 is 4.74 Å². The Morgan fingerprint density at radius 1 is 1.28 bits per heavy atom. The molecular weight excluding hydrogens is 387 g/mol. The fraction of sp³-hybridized carbons (Fsp3) is 0.350. The molecule has 6 nitrogen and oxygen atoms in total. The number of carbonyl (C=O) groups is 1. The van der Waals surface area contributed by atoms with Crippen LogP contribution in [0.25, 0.3) is 0 Å². The molecule has 3 rings (SSSR count). The number of alkyl halides is 3. The number of carbonyl (C=O) groups excluding carboxylic acids is 1. The smallest absolute Gasteiger partial charge is 0.438 e. The summed E-state index contributed by atoms with van der Waals surface area (Å²) in [4.78, 5) is 16.4. The van der Waals surface area contributed by atoms with Gasteiger partial charge in [-0.3, -0.25) is 9.78 Å². The quantitative estimate of drug-likeness (QED) is 0.844. The van der Waals surface area contributed by atoms with E-state index in [9.17, 15) is 23.1 Å². The number of benzene rings is 1. The number of aryl methyl sites for hydroxylation is 3. The molecule has 0 saturated carbocycles. The van der Waals surface area contributed by atoms with E-state index in [0.717, 1.165) is 16.7 Å². The summed E-state index contributed by atoms with van der Waals surface area (Å²) in [5.41, 5.74) is -0.749. The van der Waals surface area contributed by atoms with Crippen LogP contribution in [0.5, 0.6) is 5.75 Å². The summed E-state index contributed by atoms with van der Waals surface area (Å²) >= 11 is 0. The van der Waals surface area contributed by atoms with Gasteiger partial charge in [0.2, 0.25) is 0 Å². The maximum absolute atomic E-state index is 13.6. The van der Waals surface area contributed by atoms with Crippen LogP contribution in [0.3, 0.4) is 0 Å². The third kappa shape index (κ3) is 3.95. The van der Waals surface area contributed by atoms with Crippen molar-refractivity contribution >= 4 is 11.6 Å². The van der Waals surface area contributed by atoms with Gasteiger partial charge in [-0.15, -0.1) is 0 Å². The molecule has 1 N–H and O–H groups in total. The number of hydrazone groups is 1. The second kappa shape index (κ2) is 7.47. The Bertz CT molecular complexity index is 937. The van der Waals surface area contributed by atoms with Gasteiger partial charge in [0, 0.05) is 18.0 Å². The molecule has 1 aliphatic heterocycles. The lowest BCUT2D eigenvalue weighted by molar-refractivity contribution is -0.302. The zero-order valence-electron chi connectivity index (χ0n) is 16.1. The second-order valence-corrected chi connectivity index (χ2v) is 7.00. The molecule has 1 amide bonds. The highest BCUT2D eigenvalue weighted by Crippen LogP contribution is 2.41. The number of halogens is 3. The summed E-state index contributed by atoms with van der Waals surface area (Å²) in [5.74, 6) is -0.696. The van der Waals surface area contributed by atoms with E-state index in [1.807, 2.05) is 19.1 Å². The average molecular weight is 407 g/mol. The molecule has 1 atom stereocenters. The molecule has 1 unspecified atom stereocenters. The van der Waals surface area contributed by atoms with Gasteiger partial charge in [-0.05, 0) is 38.0 Å². The van der Waals surface area contributed by atoms with Gasteiger partial charge in [0.15, 0.2) is 6.61 Å². The highest BCUT2D eigenvalue weighted by atomic mass is 19.4. The predicted octanol–water partition coefficient (Wildman–Crippen LogP) is 3.27. The van der Waals surface area contributed by atoms with Gasteiger partial charge < -0.3 is 9.84 Å². The van der Waals surface area contributed by atoms with Crippen molar-refractivity contribution in [3.63, 3.8) is 0 Å². The van der Waals surface area contributed by atoms with Crippen LogP contribution in [0.1, 0.15) is 28.7 Å². The molecule has 1 aromatic carbocycles. The number of aromatic nitrogens is 1. The first-order valence-electron chi connectivity index (χ1n) is 8.83. The molecule has 1 aromatic heterocycles. The Labute approximate surface area is 165 Å². The van der Waals surface area contributed by atoms with E-state index in [-0.39, 0.29) is 16.3 Å². The highest BCUT2D eigenvalue weighted by molar-refractivity contribution is 6.03. The van der Waals surface area contributed by atoms with Crippen molar-refractivity contribution in [3.05, 3.63) is 58.9 Å². The Hall–Kier alpha value is -2.94. The van der Waals surface area contributed by atoms with E-state index in [1.54, 1.807) is 13.8 Å². The normalized spacial score (nSPS) is 19.3. The van der Waals surface area contributed by atoms with Gasteiger partial charge in [-0.25, -0.2) is 0 Å². The van der Waals surface area contributed by atoms with Crippen molar-refractivity contribution in [2.75, 3.05) is 6.61 Å². The minimum Gasteiger partial charge on any atom is -0.483 e. The molecule has 2 aromatic rings. The molecule has 0 saturated heterocycles. The maximum Gasteiger partial charge on any atom is 0.438 e. The monoisotopic (exact) mass is 407 g/mol. The number of nitrogens with zero attached hydrogens (tertiary/aromatic N) is 3. The Morgan fingerprint density at radius 2 is 1.93 bits per heavy atom.